The summed E-state index contributed by atoms with van der Waals surface area (Å²) >= 11 is 5.97. The largest absolute Gasteiger partial charge is 0.497 e. The van der Waals surface area contributed by atoms with Crippen molar-refractivity contribution in [1.82, 2.24) is 14.8 Å². The number of benzene rings is 3. The number of fused-ring (bicyclic) bond motifs is 1. The summed E-state index contributed by atoms with van der Waals surface area (Å²) < 4.78 is 18.4. The number of hydrogen-bond acceptors (Lipinski definition) is 7. The SMILES string of the molecule is COc1ccc(OC)c(NC(=O)C2=C(C)Nc3ncnn3C2c2ccc(OCc3ccc(Cl)cc3)cc2)c1. The van der Waals surface area contributed by atoms with Crippen LogP contribution in [0.2, 0.25) is 5.02 Å². The lowest BCUT2D eigenvalue weighted by Crippen LogP contribution is -2.31. The average molecular weight is 532 g/mol. The molecule has 194 valence electrons. The van der Waals surface area contributed by atoms with Crippen LogP contribution in [0.1, 0.15) is 24.1 Å². The van der Waals surface area contributed by atoms with Gasteiger partial charge in [0.05, 0.1) is 25.5 Å². The zero-order chi connectivity index (χ0) is 26.6. The molecule has 1 amide bonds. The van der Waals surface area contributed by atoms with Gasteiger partial charge < -0.3 is 24.8 Å². The average Bonchev–Trinajstić information content (AvgIpc) is 3.40. The van der Waals surface area contributed by atoms with E-state index >= 15 is 0 Å². The van der Waals surface area contributed by atoms with E-state index in [9.17, 15) is 4.79 Å². The van der Waals surface area contributed by atoms with E-state index in [1.54, 1.807) is 37.1 Å². The molecule has 0 saturated heterocycles. The molecule has 0 saturated carbocycles. The molecule has 0 aliphatic carbocycles. The van der Waals surface area contributed by atoms with Crippen molar-refractivity contribution in [2.24, 2.45) is 0 Å². The Morgan fingerprint density at radius 1 is 1.03 bits per heavy atom. The van der Waals surface area contributed by atoms with Gasteiger partial charge in [-0.05, 0) is 54.4 Å². The fraction of sp³-hybridized carbons (Fsp3) is 0.179. The van der Waals surface area contributed by atoms with Gasteiger partial charge in [0.15, 0.2) is 0 Å². The van der Waals surface area contributed by atoms with Crippen molar-refractivity contribution in [3.05, 3.63) is 100 Å². The van der Waals surface area contributed by atoms with E-state index in [-0.39, 0.29) is 5.91 Å². The molecular formula is C28H26ClN5O4. The number of allylic oxidation sites excluding steroid dienone is 1. The first-order valence-electron chi connectivity index (χ1n) is 11.8. The Kier molecular flexibility index (Phi) is 7.19. The van der Waals surface area contributed by atoms with Crippen molar-refractivity contribution in [2.75, 3.05) is 24.9 Å². The molecule has 10 heteroatoms. The molecule has 0 spiro atoms. The summed E-state index contributed by atoms with van der Waals surface area (Å²) in [5.41, 5.74) is 3.50. The van der Waals surface area contributed by atoms with Gasteiger partial charge in [-0.1, -0.05) is 35.9 Å². The second-order valence-corrected chi connectivity index (χ2v) is 9.04. The van der Waals surface area contributed by atoms with Crippen LogP contribution in [-0.2, 0) is 11.4 Å². The molecule has 1 unspecified atom stereocenters. The summed E-state index contributed by atoms with van der Waals surface area (Å²) in [6.45, 7) is 2.25. The smallest absolute Gasteiger partial charge is 0.255 e. The van der Waals surface area contributed by atoms with Crippen LogP contribution in [0.4, 0.5) is 11.6 Å². The minimum Gasteiger partial charge on any atom is -0.497 e. The van der Waals surface area contributed by atoms with Crippen LogP contribution >= 0.6 is 11.6 Å². The fourth-order valence-corrected chi connectivity index (χ4v) is 4.41. The molecule has 3 aromatic carbocycles. The van der Waals surface area contributed by atoms with Crippen LogP contribution in [-0.4, -0.2) is 34.9 Å². The Morgan fingerprint density at radius 2 is 1.76 bits per heavy atom. The van der Waals surface area contributed by atoms with Gasteiger partial charge >= 0.3 is 0 Å². The van der Waals surface area contributed by atoms with Crippen molar-refractivity contribution < 1.29 is 19.0 Å². The molecule has 0 radical (unpaired) electrons. The maximum Gasteiger partial charge on any atom is 0.255 e. The summed E-state index contributed by atoms with van der Waals surface area (Å²) in [4.78, 5) is 18.0. The van der Waals surface area contributed by atoms with Crippen molar-refractivity contribution in [3.63, 3.8) is 0 Å². The van der Waals surface area contributed by atoms with E-state index in [1.165, 1.54) is 6.33 Å². The van der Waals surface area contributed by atoms with Crippen molar-refractivity contribution in [1.29, 1.82) is 0 Å². The molecule has 1 aromatic heterocycles. The Balaban J connectivity index is 1.42. The Bertz CT molecular complexity index is 1480. The summed E-state index contributed by atoms with van der Waals surface area (Å²) in [6.07, 6.45) is 1.46. The highest BCUT2D eigenvalue weighted by molar-refractivity contribution is 6.30. The molecule has 0 bridgehead atoms. The number of nitrogens with one attached hydrogen (secondary N) is 2. The van der Waals surface area contributed by atoms with E-state index in [0.717, 1.165) is 11.1 Å². The summed E-state index contributed by atoms with van der Waals surface area (Å²) in [6, 6.07) is 19.8. The van der Waals surface area contributed by atoms with Gasteiger partial charge in [0, 0.05) is 16.8 Å². The fourth-order valence-electron chi connectivity index (χ4n) is 4.29. The third-order valence-electron chi connectivity index (χ3n) is 6.21. The minimum atomic E-state index is -0.518. The van der Waals surface area contributed by atoms with Crippen LogP contribution in [0.25, 0.3) is 0 Å². The molecule has 0 fully saturated rings. The predicted octanol–water partition coefficient (Wildman–Crippen LogP) is 5.46. The van der Waals surface area contributed by atoms with Gasteiger partial charge in [0.2, 0.25) is 5.95 Å². The number of aromatic nitrogens is 3. The van der Waals surface area contributed by atoms with Gasteiger partial charge in [-0.15, -0.1) is 0 Å². The molecule has 5 rings (SSSR count). The number of amides is 1. The molecule has 9 nitrogen and oxygen atoms in total. The summed E-state index contributed by atoms with van der Waals surface area (Å²) in [5.74, 6) is 2.05. The molecule has 2 heterocycles. The quantitative estimate of drug-likeness (QED) is 0.311. The molecule has 1 atom stereocenters. The van der Waals surface area contributed by atoms with Crippen LogP contribution < -0.4 is 24.8 Å². The number of halogens is 1. The van der Waals surface area contributed by atoms with E-state index in [2.05, 4.69) is 20.7 Å². The first-order chi connectivity index (χ1) is 18.5. The third kappa shape index (κ3) is 5.14. The van der Waals surface area contributed by atoms with Crippen molar-refractivity contribution in [2.45, 2.75) is 19.6 Å². The number of nitrogens with zero attached hydrogens (tertiary/aromatic N) is 3. The van der Waals surface area contributed by atoms with E-state index in [0.29, 0.717) is 51.8 Å². The Hall–Kier alpha value is -4.50. The van der Waals surface area contributed by atoms with Crippen molar-refractivity contribution in [3.8, 4) is 17.2 Å². The standard InChI is InChI=1S/C28H26ClN5O4/c1-17-25(27(35)33-23-14-22(36-2)12-13-24(23)37-3)26(34-28(32-17)30-16-31-34)19-6-10-21(11-7-19)38-15-18-4-8-20(29)9-5-18/h4-14,16,26H,15H2,1-3H3,(H,33,35)(H,30,31,32). The lowest BCUT2D eigenvalue weighted by atomic mass is 9.95. The maximum absolute atomic E-state index is 13.7. The third-order valence-corrected chi connectivity index (χ3v) is 6.46. The normalized spacial score (nSPS) is 14.4. The molecule has 1 aliphatic heterocycles. The lowest BCUT2D eigenvalue weighted by Gasteiger charge is -2.29. The van der Waals surface area contributed by atoms with Gasteiger partial charge in [-0.3, -0.25) is 4.79 Å². The minimum absolute atomic E-state index is 0.309. The van der Waals surface area contributed by atoms with Crippen LogP contribution in [0.15, 0.2) is 84.3 Å². The van der Waals surface area contributed by atoms with Crippen LogP contribution in [0, 0.1) is 0 Å². The van der Waals surface area contributed by atoms with E-state index < -0.39 is 6.04 Å². The number of carbonyl (C=O) groups excluding carboxylic acids is 1. The topological polar surface area (TPSA) is 99.5 Å². The highest BCUT2D eigenvalue weighted by Gasteiger charge is 2.33. The lowest BCUT2D eigenvalue weighted by molar-refractivity contribution is -0.113. The Morgan fingerprint density at radius 3 is 2.47 bits per heavy atom. The van der Waals surface area contributed by atoms with Gasteiger partial charge in [-0.2, -0.15) is 10.1 Å². The molecular weight excluding hydrogens is 506 g/mol. The van der Waals surface area contributed by atoms with Gasteiger partial charge in [0.25, 0.3) is 5.91 Å². The first kappa shape index (κ1) is 25.2. The van der Waals surface area contributed by atoms with Gasteiger partial charge in [0.1, 0.15) is 36.2 Å². The zero-order valence-electron chi connectivity index (χ0n) is 21.1. The van der Waals surface area contributed by atoms with Crippen molar-refractivity contribution >= 4 is 29.1 Å². The van der Waals surface area contributed by atoms with E-state index in [4.69, 9.17) is 25.8 Å². The summed E-state index contributed by atoms with van der Waals surface area (Å²) in [5, 5.41) is 11.2. The number of anilines is 2. The molecule has 1 aliphatic rings. The predicted molar refractivity (Wildman–Crippen MR) is 145 cm³/mol. The van der Waals surface area contributed by atoms with Crippen LogP contribution in [0.3, 0.4) is 0 Å². The van der Waals surface area contributed by atoms with Gasteiger partial charge in [-0.25, -0.2) is 4.68 Å². The second kappa shape index (κ2) is 10.9. The van der Waals surface area contributed by atoms with E-state index in [1.807, 2.05) is 55.5 Å². The van der Waals surface area contributed by atoms with Crippen LogP contribution in [0.5, 0.6) is 17.2 Å². The summed E-state index contributed by atoms with van der Waals surface area (Å²) in [7, 11) is 3.11. The molecule has 2 N–H and O–H groups in total. The number of ether oxygens (including phenoxy) is 3. The highest BCUT2D eigenvalue weighted by atomic mass is 35.5. The molecule has 38 heavy (non-hydrogen) atoms. The maximum atomic E-state index is 13.7. The second-order valence-electron chi connectivity index (χ2n) is 8.60. The number of methoxy groups -OCH3 is 2. The molecule has 4 aromatic rings. The number of hydrogen-bond donors (Lipinski definition) is 2. The number of carbonyl (C=O) groups is 1. The number of rotatable bonds is 8. The highest BCUT2D eigenvalue weighted by Crippen LogP contribution is 2.37. The zero-order valence-corrected chi connectivity index (χ0v) is 21.8. The first-order valence-corrected chi connectivity index (χ1v) is 12.2. The monoisotopic (exact) mass is 531 g/mol. The Labute approximate surface area is 225 Å².